The highest BCUT2D eigenvalue weighted by atomic mass is 16.3. The Morgan fingerprint density at radius 2 is 1.83 bits per heavy atom. The van der Waals surface area contributed by atoms with Crippen molar-refractivity contribution in [3.05, 3.63) is 71.5 Å². The molecule has 0 aliphatic heterocycles. The largest absolute Gasteiger partial charge is 0.493 e. The number of rotatable bonds is 4. The van der Waals surface area contributed by atoms with Crippen LogP contribution in [0.5, 0.6) is 5.88 Å². The fourth-order valence-electron chi connectivity index (χ4n) is 3.11. The van der Waals surface area contributed by atoms with Gasteiger partial charge >= 0.3 is 0 Å². The Kier molecular flexibility index (Phi) is 4.71. The minimum Gasteiger partial charge on any atom is -0.493 e. The van der Waals surface area contributed by atoms with Crippen LogP contribution < -0.4 is 5.32 Å². The second kappa shape index (κ2) is 7.23. The van der Waals surface area contributed by atoms with Crippen LogP contribution in [0.1, 0.15) is 35.5 Å². The second-order valence-electron chi connectivity index (χ2n) is 7.58. The van der Waals surface area contributed by atoms with E-state index in [9.17, 15) is 15.0 Å². The molecule has 0 spiro atoms. The van der Waals surface area contributed by atoms with Gasteiger partial charge in [-0.1, -0.05) is 12.1 Å². The quantitative estimate of drug-likeness (QED) is 0.482. The molecule has 8 nitrogen and oxygen atoms in total. The van der Waals surface area contributed by atoms with E-state index < -0.39 is 5.60 Å². The van der Waals surface area contributed by atoms with Gasteiger partial charge in [0.15, 0.2) is 5.65 Å². The predicted octanol–water partition coefficient (Wildman–Crippen LogP) is 3.29. The van der Waals surface area contributed by atoms with Crippen LogP contribution in [-0.2, 0) is 5.60 Å². The fraction of sp³-hybridized carbons (Fsp3) is 0.182. The first-order chi connectivity index (χ1) is 14.2. The molecule has 3 heterocycles. The average Bonchev–Trinajstić information content (AvgIpc) is 3.07. The maximum absolute atomic E-state index is 12.7. The van der Waals surface area contributed by atoms with E-state index in [1.54, 1.807) is 54.8 Å². The summed E-state index contributed by atoms with van der Waals surface area (Å²) in [5.41, 5.74) is 2.93. The summed E-state index contributed by atoms with van der Waals surface area (Å²) in [4.78, 5) is 21.1. The number of fused-ring (bicyclic) bond motifs is 1. The smallest absolute Gasteiger partial charge is 0.256 e. The average molecular weight is 403 g/mol. The Hall–Kier alpha value is -3.78. The van der Waals surface area contributed by atoms with Gasteiger partial charge in [-0.3, -0.25) is 4.79 Å². The first-order valence-corrected chi connectivity index (χ1v) is 9.38. The summed E-state index contributed by atoms with van der Waals surface area (Å²) in [5, 5.41) is 26.8. The molecular weight excluding hydrogens is 382 g/mol. The number of aromatic hydroxyl groups is 1. The van der Waals surface area contributed by atoms with Crippen LogP contribution in [0, 0.1) is 6.92 Å². The standard InChI is InChI=1S/C22H21N5O3/c1-13-10-19-24-18(11-17(27(19)26-13)15-6-9-20(28)23-12-15)25-21(29)14-4-7-16(8-5-14)22(2,3)30/h4-12,30H,1-3H3,(H,23,28)(H,24,25,29). The summed E-state index contributed by atoms with van der Waals surface area (Å²) in [5.74, 6) is -0.0362. The van der Waals surface area contributed by atoms with E-state index in [-0.39, 0.29) is 11.8 Å². The number of pyridine rings is 1. The van der Waals surface area contributed by atoms with Gasteiger partial charge in [0, 0.05) is 35.5 Å². The molecule has 0 fully saturated rings. The Labute approximate surface area is 172 Å². The van der Waals surface area contributed by atoms with Gasteiger partial charge in [0.2, 0.25) is 5.88 Å². The van der Waals surface area contributed by atoms with Crippen molar-refractivity contribution in [3.63, 3.8) is 0 Å². The maximum Gasteiger partial charge on any atom is 0.256 e. The highest BCUT2D eigenvalue weighted by Crippen LogP contribution is 2.25. The minimum absolute atomic E-state index is 0.0799. The summed E-state index contributed by atoms with van der Waals surface area (Å²) in [6, 6.07) is 13.5. The number of hydrogen-bond donors (Lipinski definition) is 3. The molecule has 0 saturated carbocycles. The van der Waals surface area contributed by atoms with Gasteiger partial charge < -0.3 is 15.5 Å². The normalized spacial score (nSPS) is 11.6. The molecule has 1 amide bonds. The van der Waals surface area contributed by atoms with Gasteiger partial charge in [-0.05, 0) is 44.5 Å². The number of nitrogens with zero attached hydrogens (tertiary/aromatic N) is 4. The molecule has 152 valence electrons. The van der Waals surface area contributed by atoms with Crippen LogP contribution in [0.25, 0.3) is 16.9 Å². The van der Waals surface area contributed by atoms with E-state index in [4.69, 9.17) is 0 Å². The van der Waals surface area contributed by atoms with Crippen LogP contribution in [0.2, 0.25) is 0 Å². The highest BCUT2D eigenvalue weighted by Gasteiger charge is 2.17. The highest BCUT2D eigenvalue weighted by molar-refractivity contribution is 6.04. The van der Waals surface area contributed by atoms with Gasteiger partial charge in [0.1, 0.15) is 5.82 Å². The van der Waals surface area contributed by atoms with Crippen molar-refractivity contribution in [1.82, 2.24) is 19.6 Å². The summed E-state index contributed by atoms with van der Waals surface area (Å²) >= 11 is 0. The van der Waals surface area contributed by atoms with Crippen molar-refractivity contribution in [3.8, 4) is 17.1 Å². The van der Waals surface area contributed by atoms with Gasteiger partial charge in [-0.2, -0.15) is 5.10 Å². The van der Waals surface area contributed by atoms with Crippen molar-refractivity contribution >= 4 is 17.4 Å². The van der Waals surface area contributed by atoms with E-state index in [1.807, 2.05) is 13.0 Å². The van der Waals surface area contributed by atoms with E-state index in [2.05, 4.69) is 20.4 Å². The van der Waals surface area contributed by atoms with Gasteiger partial charge in [0.25, 0.3) is 5.91 Å². The lowest BCUT2D eigenvalue weighted by Gasteiger charge is -2.17. The van der Waals surface area contributed by atoms with Gasteiger partial charge in [0.05, 0.1) is 17.0 Å². The summed E-state index contributed by atoms with van der Waals surface area (Å²) in [6.45, 7) is 5.24. The van der Waals surface area contributed by atoms with Gasteiger partial charge in [-0.15, -0.1) is 0 Å². The second-order valence-corrected chi connectivity index (χ2v) is 7.58. The van der Waals surface area contributed by atoms with Crippen LogP contribution in [0.3, 0.4) is 0 Å². The molecule has 4 aromatic rings. The van der Waals surface area contributed by atoms with Crippen molar-refractivity contribution in [2.75, 3.05) is 5.32 Å². The lowest BCUT2D eigenvalue weighted by atomic mass is 9.97. The molecule has 0 aliphatic carbocycles. The fourth-order valence-corrected chi connectivity index (χ4v) is 3.11. The third kappa shape index (κ3) is 3.85. The van der Waals surface area contributed by atoms with Crippen molar-refractivity contribution in [2.24, 2.45) is 0 Å². The Morgan fingerprint density at radius 1 is 1.10 bits per heavy atom. The number of aromatic nitrogens is 4. The van der Waals surface area contributed by atoms with Crippen LogP contribution in [0.15, 0.2) is 54.7 Å². The minimum atomic E-state index is -0.978. The number of carbonyl (C=O) groups is 1. The molecule has 0 saturated heterocycles. The van der Waals surface area contributed by atoms with E-state index in [0.29, 0.717) is 28.3 Å². The number of aliphatic hydroxyl groups is 1. The number of aryl methyl sites for hydroxylation is 1. The number of carbonyl (C=O) groups excluding carboxylic acids is 1. The third-order valence-corrected chi connectivity index (χ3v) is 4.69. The number of amides is 1. The predicted molar refractivity (Wildman–Crippen MR) is 112 cm³/mol. The van der Waals surface area contributed by atoms with E-state index in [0.717, 1.165) is 11.3 Å². The molecule has 0 unspecified atom stereocenters. The van der Waals surface area contributed by atoms with Crippen LogP contribution in [0.4, 0.5) is 5.82 Å². The lowest BCUT2D eigenvalue weighted by molar-refractivity contribution is 0.0785. The summed E-state index contributed by atoms with van der Waals surface area (Å²) in [6.07, 6.45) is 1.53. The lowest BCUT2D eigenvalue weighted by Crippen LogP contribution is -2.17. The molecular formula is C22H21N5O3. The molecule has 0 radical (unpaired) electrons. The molecule has 0 aliphatic rings. The molecule has 1 aromatic carbocycles. The topological polar surface area (TPSA) is 113 Å². The molecule has 3 N–H and O–H groups in total. The molecule has 4 rings (SSSR count). The SMILES string of the molecule is Cc1cc2nc(NC(=O)c3ccc(C(C)(C)O)cc3)cc(-c3ccc(O)nc3)n2n1. The molecule has 8 heteroatoms. The zero-order valence-corrected chi connectivity index (χ0v) is 16.8. The Bertz CT molecular complexity index is 1220. The maximum atomic E-state index is 12.7. The first kappa shape index (κ1) is 19.5. The number of anilines is 1. The zero-order valence-electron chi connectivity index (χ0n) is 16.8. The summed E-state index contributed by atoms with van der Waals surface area (Å²) < 4.78 is 1.66. The van der Waals surface area contributed by atoms with Crippen LogP contribution >= 0.6 is 0 Å². The van der Waals surface area contributed by atoms with Gasteiger partial charge in [-0.25, -0.2) is 14.5 Å². The molecule has 0 atom stereocenters. The number of hydrogen-bond acceptors (Lipinski definition) is 6. The van der Waals surface area contributed by atoms with Crippen molar-refractivity contribution in [2.45, 2.75) is 26.4 Å². The number of nitrogens with one attached hydrogen (secondary N) is 1. The van der Waals surface area contributed by atoms with E-state index in [1.165, 1.54) is 12.3 Å². The molecule has 0 bridgehead atoms. The van der Waals surface area contributed by atoms with Crippen molar-refractivity contribution in [1.29, 1.82) is 0 Å². The molecule has 3 aromatic heterocycles. The van der Waals surface area contributed by atoms with Crippen LogP contribution in [-0.4, -0.2) is 35.7 Å². The Morgan fingerprint density at radius 3 is 2.47 bits per heavy atom. The monoisotopic (exact) mass is 403 g/mol. The molecule has 30 heavy (non-hydrogen) atoms. The van der Waals surface area contributed by atoms with Crippen molar-refractivity contribution < 1.29 is 15.0 Å². The Balaban J connectivity index is 1.69. The summed E-state index contributed by atoms with van der Waals surface area (Å²) in [7, 11) is 0. The number of benzene rings is 1. The van der Waals surface area contributed by atoms with E-state index >= 15 is 0 Å². The first-order valence-electron chi connectivity index (χ1n) is 9.38. The third-order valence-electron chi connectivity index (χ3n) is 4.69. The zero-order chi connectivity index (χ0) is 21.5.